The van der Waals surface area contributed by atoms with Gasteiger partial charge in [0, 0.05) is 0 Å². The van der Waals surface area contributed by atoms with E-state index in [0.29, 0.717) is 5.92 Å². The minimum atomic E-state index is -0.441. The largest absolute Gasteiger partial charge is 0.497 e. The Morgan fingerprint density at radius 3 is 2.12 bits per heavy atom. The van der Waals surface area contributed by atoms with Gasteiger partial charge >= 0.3 is 0 Å². The van der Waals surface area contributed by atoms with Crippen molar-refractivity contribution in [1.82, 2.24) is 0 Å². The first kappa shape index (κ1) is 14.4. The molecule has 2 heteroatoms. The summed E-state index contributed by atoms with van der Waals surface area (Å²) >= 11 is 0. The lowest BCUT2D eigenvalue weighted by atomic mass is 9.96. The third kappa shape index (κ3) is 5.03. The standard InChI is InChI=1S/C15H26OS/c1-6-7-14(12-17(3,4)5)13-8-10-15(16-2)11-9-13/h8-11,14H,6-7,12H2,1-5H3. The molecule has 0 heterocycles. The smallest absolute Gasteiger partial charge is 0.118 e. The summed E-state index contributed by atoms with van der Waals surface area (Å²) in [7, 11) is 1.28. The zero-order valence-corrected chi connectivity index (χ0v) is 12.6. The average molecular weight is 254 g/mol. The lowest BCUT2D eigenvalue weighted by Gasteiger charge is -2.31. The average Bonchev–Trinajstić information content (AvgIpc) is 2.27. The first-order valence-electron chi connectivity index (χ1n) is 6.26. The molecule has 0 aromatic heterocycles. The van der Waals surface area contributed by atoms with Crippen LogP contribution in [0.4, 0.5) is 0 Å². The first-order chi connectivity index (χ1) is 7.96. The second-order valence-corrected chi connectivity index (χ2v) is 10.0. The van der Waals surface area contributed by atoms with Crippen molar-refractivity contribution in [2.24, 2.45) is 0 Å². The van der Waals surface area contributed by atoms with Crippen molar-refractivity contribution in [3.8, 4) is 5.75 Å². The molecule has 0 amide bonds. The highest BCUT2D eigenvalue weighted by Gasteiger charge is 2.16. The Morgan fingerprint density at radius 2 is 1.71 bits per heavy atom. The summed E-state index contributed by atoms with van der Waals surface area (Å²) in [5, 5.41) is 0. The number of ether oxygens (including phenoxy) is 1. The zero-order valence-electron chi connectivity index (χ0n) is 11.8. The number of methoxy groups -OCH3 is 1. The molecule has 0 aliphatic rings. The fourth-order valence-electron chi connectivity index (χ4n) is 2.17. The maximum Gasteiger partial charge on any atom is 0.118 e. The molecule has 0 N–H and O–H groups in total. The van der Waals surface area contributed by atoms with E-state index in [1.54, 1.807) is 7.11 Å². The zero-order chi connectivity index (χ0) is 12.9. The highest BCUT2D eigenvalue weighted by Crippen LogP contribution is 2.41. The first-order valence-corrected chi connectivity index (χ1v) is 9.29. The van der Waals surface area contributed by atoms with Crippen LogP contribution in [0.25, 0.3) is 0 Å². The fraction of sp³-hybridized carbons (Fsp3) is 0.600. The summed E-state index contributed by atoms with van der Waals surface area (Å²) in [6.45, 7) is 2.27. The Bertz CT molecular complexity index is 324. The molecule has 17 heavy (non-hydrogen) atoms. The topological polar surface area (TPSA) is 9.23 Å². The minimum Gasteiger partial charge on any atom is -0.497 e. The molecule has 98 valence electrons. The van der Waals surface area contributed by atoms with Gasteiger partial charge in [-0.1, -0.05) is 25.5 Å². The van der Waals surface area contributed by atoms with E-state index in [0.717, 1.165) is 5.75 Å². The van der Waals surface area contributed by atoms with E-state index in [1.807, 2.05) is 0 Å². The van der Waals surface area contributed by atoms with Crippen molar-refractivity contribution in [2.45, 2.75) is 25.7 Å². The Labute approximate surface area is 108 Å². The van der Waals surface area contributed by atoms with Gasteiger partial charge in [0.1, 0.15) is 5.75 Å². The SMILES string of the molecule is CCCC(CS(C)(C)C)c1ccc(OC)cc1. The molecular formula is C15H26OS. The van der Waals surface area contributed by atoms with Gasteiger partial charge in [0.25, 0.3) is 0 Å². The van der Waals surface area contributed by atoms with E-state index in [-0.39, 0.29) is 0 Å². The van der Waals surface area contributed by atoms with Crippen LogP contribution in [0, 0.1) is 0 Å². The summed E-state index contributed by atoms with van der Waals surface area (Å²) in [6.07, 6.45) is 9.75. The van der Waals surface area contributed by atoms with Crippen LogP contribution in [0.1, 0.15) is 31.2 Å². The molecule has 0 aliphatic carbocycles. The number of hydrogen-bond donors (Lipinski definition) is 0. The molecule has 1 aromatic carbocycles. The van der Waals surface area contributed by atoms with Gasteiger partial charge < -0.3 is 4.74 Å². The van der Waals surface area contributed by atoms with Crippen LogP contribution in [-0.4, -0.2) is 31.6 Å². The van der Waals surface area contributed by atoms with Gasteiger partial charge in [-0.3, -0.25) is 0 Å². The van der Waals surface area contributed by atoms with Crippen molar-refractivity contribution < 1.29 is 4.74 Å². The molecule has 0 spiro atoms. The van der Waals surface area contributed by atoms with Crippen molar-refractivity contribution in [1.29, 1.82) is 0 Å². The van der Waals surface area contributed by atoms with Gasteiger partial charge in [0.05, 0.1) is 7.11 Å². The van der Waals surface area contributed by atoms with Crippen LogP contribution in [0.3, 0.4) is 0 Å². The highest BCUT2D eigenvalue weighted by molar-refractivity contribution is 8.32. The van der Waals surface area contributed by atoms with Crippen LogP contribution >= 0.6 is 10.0 Å². The second-order valence-electron chi connectivity index (χ2n) is 5.52. The quantitative estimate of drug-likeness (QED) is 0.736. The van der Waals surface area contributed by atoms with Crippen LogP contribution in [0.5, 0.6) is 5.75 Å². The molecule has 0 saturated carbocycles. The maximum absolute atomic E-state index is 5.22. The number of rotatable bonds is 6. The maximum atomic E-state index is 5.22. The van der Waals surface area contributed by atoms with Gasteiger partial charge in [-0.15, -0.1) is 0 Å². The van der Waals surface area contributed by atoms with Gasteiger partial charge in [0.2, 0.25) is 0 Å². The molecule has 1 nitrogen and oxygen atoms in total. The summed E-state index contributed by atoms with van der Waals surface area (Å²) in [6, 6.07) is 8.61. The molecule has 1 aromatic rings. The monoisotopic (exact) mass is 254 g/mol. The predicted octanol–water partition coefficient (Wildman–Crippen LogP) is 4.27. The molecule has 0 fully saturated rings. The lowest BCUT2D eigenvalue weighted by molar-refractivity contribution is 0.414. The Morgan fingerprint density at radius 1 is 1.12 bits per heavy atom. The van der Waals surface area contributed by atoms with E-state index in [1.165, 1.54) is 24.2 Å². The molecule has 0 bridgehead atoms. The van der Waals surface area contributed by atoms with E-state index in [9.17, 15) is 0 Å². The predicted molar refractivity (Wildman–Crippen MR) is 80.9 cm³/mol. The summed E-state index contributed by atoms with van der Waals surface area (Å²) in [5.41, 5.74) is 1.47. The van der Waals surface area contributed by atoms with E-state index < -0.39 is 10.0 Å². The molecule has 1 unspecified atom stereocenters. The summed E-state index contributed by atoms with van der Waals surface area (Å²) in [5.74, 6) is 2.99. The van der Waals surface area contributed by atoms with Crippen molar-refractivity contribution in [3.05, 3.63) is 29.8 Å². The summed E-state index contributed by atoms with van der Waals surface area (Å²) in [4.78, 5) is 0. The van der Waals surface area contributed by atoms with E-state index >= 15 is 0 Å². The minimum absolute atomic E-state index is 0.441. The van der Waals surface area contributed by atoms with Gasteiger partial charge in [-0.2, -0.15) is 0 Å². The van der Waals surface area contributed by atoms with Gasteiger partial charge in [-0.25, -0.2) is 10.0 Å². The Kier molecular flexibility index (Phi) is 5.38. The van der Waals surface area contributed by atoms with Crippen molar-refractivity contribution >= 4 is 10.0 Å². The van der Waals surface area contributed by atoms with Crippen LogP contribution in [0.2, 0.25) is 0 Å². The highest BCUT2D eigenvalue weighted by atomic mass is 32.3. The molecule has 0 aliphatic heterocycles. The lowest BCUT2D eigenvalue weighted by Crippen LogP contribution is -2.10. The van der Waals surface area contributed by atoms with Crippen molar-refractivity contribution in [2.75, 3.05) is 31.6 Å². The number of hydrogen-bond acceptors (Lipinski definition) is 1. The van der Waals surface area contributed by atoms with Crippen LogP contribution < -0.4 is 4.74 Å². The van der Waals surface area contributed by atoms with E-state index in [4.69, 9.17) is 4.74 Å². The van der Waals surface area contributed by atoms with Gasteiger partial charge in [-0.05, 0) is 54.6 Å². The fourth-order valence-corrected chi connectivity index (χ4v) is 3.74. The Hall–Kier alpha value is -0.630. The Balaban J connectivity index is 2.81. The van der Waals surface area contributed by atoms with Crippen LogP contribution in [0.15, 0.2) is 24.3 Å². The molecule has 1 atom stereocenters. The van der Waals surface area contributed by atoms with Crippen LogP contribution in [-0.2, 0) is 0 Å². The third-order valence-electron chi connectivity index (χ3n) is 2.93. The molecular weight excluding hydrogens is 228 g/mol. The molecule has 0 radical (unpaired) electrons. The normalized spacial score (nSPS) is 14.4. The van der Waals surface area contributed by atoms with Crippen molar-refractivity contribution in [3.63, 3.8) is 0 Å². The number of benzene rings is 1. The summed E-state index contributed by atoms with van der Waals surface area (Å²) < 4.78 is 5.22. The van der Waals surface area contributed by atoms with Gasteiger partial charge in [0.15, 0.2) is 0 Å². The second kappa shape index (κ2) is 6.34. The third-order valence-corrected chi connectivity index (χ3v) is 4.33. The molecule has 1 rings (SSSR count). The van der Waals surface area contributed by atoms with E-state index in [2.05, 4.69) is 50.0 Å². The molecule has 0 saturated heterocycles.